The first kappa shape index (κ1) is 21.7. The molecule has 0 saturated carbocycles. The Kier molecular flexibility index (Phi) is 6.18. The van der Waals surface area contributed by atoms with Gasteiger partial charge in [0.15, 0.2) is 6.61 Å². The molecule has 0 aliphatic rings. The minimum absolute atomic E-state index is 0.0382. The van der Waals surface area contributed by atoms with Crippen LogP contribution in [0.15, 0.2) is 48.5 Å². The molecule has 162 valence electrons. The second kappa shape index (κ2) is 8.81. The van der Waals surface area contributed by atoms with Crippen molar-refractivity contribution in [2.45, 2.75) is 12.7 Å². The lowest BCUT2D eigenvalue weighted by molar-refractivity contribution is -0.153. The number of aromatic nitrogens is 2. The van der Waals surface area contributed by atoms with Crippen LogP contribution in [0.4, 0.5) is 17.6 Å². The SMILES string of the molecule is O=C(COC(=O)Cn1c(C(F)(F)F)nc2ccccc21)NNC(=O)c1ccccc1F. The predicted octanol–water partition coefficient (Wildman–Crippen LogP) is 2.20. The van der Waals surface area contributed by atoms with E-state index in [0.717, 1.165) is 6.07 Å². The number of rotatable bonds is 5. The van der Waals surface area contributed by atoms with Crippen molar-refractivity contribution in [1.82, 2.24) is 20.4 Å². The number of fused-ring (bicyclic) bond motifs is 1. The lowest BCUT2D eigenvalue weighted by Gasteiger charge is -2.11. The quantitative estimate of drug-likeness (QED) is 0.361. The van der Waals surface area contributed by atoms with Gasteiger partial charge in [-0.3, -0.25) is 25.2 Å². The number of halogens is 4. The summed E-state index contributed by atoms with van der Waals surface area (Å²) in [5, 5.41) is 0. The summed E-state index contributed by atoms with van der Waals surface area (Å²) in [5.74, 6) is -5.16. The van der Waals surface area contributed by atoms with Crippen LogP contribution in [0.3, 0.4) is 0 Å². The van der Waals surface area contributed by atoms with Crippen LogP contribution in [0.25, 0.3) is 11.0 Å². The second-order valence-corrected chi connectivity index (χ2v) is 6.15. The van der Waals surface area contributed by atoms with Crippen molar-refractivity contribution in [3.8, 4) is 0 Å². The zero-order valence-corrected chi connectivity index (χ0v) is 15.6. The Bertz CT molecular complexity index is 1140. The molecular weight excluding hydrogens is 424 g/mol. The number of nitrogens with zero attached hydrogens (tertiary/aromatic N) is 2. The fourth-order valence-electron chi connectivity index (χ4n) is 2.65. The number of benzene rings is 2. The third-order valence-electron chi connectivity index (χ3n) is 3.99. The number of imidazole rings is 1. The number of alkyl halides is 3. The summed E-state index contributed by atoms with van der Waals surface area (Å²) in [4.78, 5) is 39.0. The summed E-state index contributed by atoms with van der Waals surface area (Å²) in [6.07, 6.45) is -4.81. The number of ether oxygens (including phenoxy) is 1. The molecule has 3 aromatic rings. The van der Waals surface area contributed by atoms with E-state index >= 15 is 0 Å². The van der Waals surface area contributed by atoms with Gasteiger partial charge in [-0.2, -0.15) is 13.2 Å². The second-order valence-electron chi connectivity index (χ2n) is 6.15. The van der Waals surface area contributed by atoms with Crippen molar-refractivity contribution < 1.29 is 36.7 Å². The maximum Gasteiger partial charge on any atom is 0.449 e. The molecule has 0 atom stereocenters. The van der Waals surface area contributed by atoms with E-state index in [1.807, 2.05) is 10.9 Å². The number of hydrazine groups is 1. The summed E-state index contributed by atoms with van der Waals surface area (Å²) in [6, 6.07) is 10.7. The van der Waals surface area contributed by atoms with E-state index in [0.29, 0.717) is 4.57 Å². The first-order valence-corrected chi connectivity index (χ1v) is 8.68. The molecule has 12 heteroatoms. The van der Waals surface area contributed by atoms with Gasteiger partial charge in [0.1, 0.15) is 12.4 Å². The third kappa shape index (κ3) is 5.15. The van der Waals surface area contributed by atoms with Gasteiger partial charge in [0.2, 0.25) is 5.82 Å². The highest BCUT2D eigenvalue weighted by atomic mass is 19.4. The number of nitrogens with one attached hydrogen (secondary N) is 2. The van der Waals surface area contributed by atoms with Crippen LogP contribution in [0, 0.1) is 5.82 Å². The van der Waals surface area contributed by atoms with Gasteiger partial charge >= 0.3 is 12.1 Å². The number of hydrogen-bond acceptors (Lipinski definition) is 5. The lowest BCUT2D eigenvalue weighted by Crippen LogP contribution is -2.44. The van der Waals surface area contributed by atoms with Gasteiger partial charge < -0.3 is 9.30 Å². The van der Waals surface area contributed by atoms with E-state index in [2.05, 4.69) is 9.72 Å². The first-order chi connectivity index (χ1) is 14.7. The molecule has 0 fully saturated rings. The maximum atomic E-state index is 13.5. The lowest BCUT2D eigenvalue weighted by atomic mass is 10.2. The molecule has 2 aromatic carbocycles. The predicted molar refractivity (Wildman–Crippen MR) is 97.7 cm³/mol. The van der Waals surface area contributed by atoms with E-state index in [4.69, 9.17) is 0 Å². The Balaban J connectivity index is 1.58. The average molecular weight is 438 g/mol. The van der Waals surface area contributed by atoms with Gasteiger partial charge in [-0.05, 0) is 24.3 Å². The van der Waals surface area contributed by atoms with Crippen molar-refractivity contribution in [3.63, 3.8) is 0 Å². The van der Waals surface area contributed by atoms with Crippen molar-refractivity contribution in [2.75, 3.05) is 6.61 Å². The summed E-state index contributed by atoms with van der Waals surface area (Å²) < 4.78 is 58.5. The van der Waals surface area contributed by atoms with Crippen molar-refractivity contribution in [2.24, 2.45) is 0 Å². The largest absolute Gasteiger partial charge is 0.454 e. The number of amides is 2. The van der Waals surface area contributed by atoms with E-state index in [-0.39, 0.29) is 16.6 Å². The fourth-order valence-corrected chi connectivity index (χ4v) is 2.65. The minimum Gasteiger partial charge on any atom is -0.454 e. The highest BCUT2D eigenvalue weighted by molar-refractivity contribution is 5.95. The highest BCUT2D eigenvalue weighted by Crippen LogP contribution is 2.31. The van der Waals surface area contributed by atoms with Crippen LogP contribution in [-0.4, -0.2) is 33.9 Å². The average Bonchev–Trinajstić information content (AvgIpc) is 3.10. The summed E-state index contributed by atoms with van der Waals surface area (Å²) in [6.45, 7) is -1.73. The third-order valence-corrected chi connectivity index (χ3v) is 3.99. The van der Waals surface area contributed by atoms with Gasteiger partial charge in [0.05, 0.1) is 16.6 Å². The van der Waals surface area contributed by atoms with E-state index in [1.54, 1.807) is 0 Å². The Morgan fingerprint density at radius 3 is 2.39 bits per heavy atom. The number of esters is 1. The molecule has 0 spiro atoms. The molecular formula is C19H14F4N4O4. The molecule has 8 nitrogen and oxygen atoms in total. The van der Waals surface area contributed by atoms with Crippen LogP contribution >= 0.6 is 0 Å². The molecule has 0 aliphatic carbocycles. The molecule has 31 heavy (non-hydrogen) atoms. The molecule has 2 N–H and O–H groups in total. The number of para-hydroxylation sites is 2. The fraction of sp³-hybridized carbons (Fsp3) is 0.158. The maximum absolute atomic E-state index is 13.5. The van der Waals surface area contributed by atoms with Crippen LogP contribution < -0.4 is 10.9 Å². The van der Waals surface area contributed by atoms with Gasteiger partial charge in [-0.1, -0.05) is 24.3 Å². The molecule has 1 aromatic heterocycles. The number of carbonyl (C=O) groups is 3. The van der Waals surface area contributed by atoms with Crippen LogP contribution in [0.2, 0.25) is 0 Å². The van der Waals surface area contributed by atoms with Crippen molar-refractivity contribution in [1.29, 1.82) is 0 Å². The van der Waals surface area contributed by atoms with Crippen molar-refractivity contribution in [3.05, 3.63) is 65.7 Å². The molecule has 0 unspecified atom stereocenters. The summed E-state index contributed by atoms with van der Waals surface area (Å²) in [5.41, 5.74) is 3.61. The van der Waals surface area contributed by atoms with E-state index < -0.39 is 48.8 Å². The Morgan fingerprint density at radius 1 is 1.00 bits per heavy atom. The minimum atomic E-state index is -4.81. The number of carbonyl (C=O) groups excluding carboxylic acids is 3. The molecule has 0 radical (unpaired) electrons. The zero-order valence-electron chi connectivity index (χ0n) is 15.6. The topological polar surface area (TPSA) is 102 Å². The van der Waals surface area contributed by atoms with Gasteiger partial charge in [-0.25, -0.2) is 9.37 Å². The molecule has 0 saturated heterocycles. The standard InChI is InChI=1S/C19H14F4N4O4/c20-12-6-2-1-5-11(12)17(30)26-25-15(28)10-31-16(29)9-27-14-8-4-3-7-13(14)24-18(27)19(21,22)23/h1-8H,9-10H2,(H,25,28)(H,26,30). The zero-order chi connectivity index (χ0) is 22.6. The normalized spacial score (nSPS) is 11.2. The Hall–Kier alpha value is -3.96. The molecule has 0 aliphatic heterocycles. The van der Waals surface area contributed by atoms with Crippen molar-refractivity contribution >= 4 is 28.8 Å². The number of hydrogen-bond donors (Lipinski definition) is 2. The summed E-state index contributed by atoms with van der Waals surface area (Å²) in [7, 11) is 0. The Morgan fingerprint density at radius 2 is 1.68 bits per heavy atom. The Labute approximate surface area is 171 Å². The molecule has 1 heterocycles. The van der Waals surface area contributed by atoms with Crippen LogP contribution in [-0.2, 0) is 27.0 Å². The van der Waals surface area contributed by atoms with Gasteiger partial charge in [0.25, 0.3) is 11.8 Å². The smallest absolute Gasteiger partial charge is 0.449 e. The summed E-state index contributed by atoms with van der Waals surface area (Å²) >= 11 is 0. The monoisotopic (exact) mass is 438 g/mol. The molecule has 2 amide bonds. The molecule has 0 bridgehead atoms. The molecule has 3 rings (SSSR count). The highest BCUT2D eigenvalue weighted by Gasteiger charge is 2.38. The van der Waals surface area contributed by atoms with Crippen LogP contribution in [0.1, 0.15) is 16.2 Å². The van der Waals surface area contributed by atoms with E-state index in [1.165, 1.54) is 42.5 Å². The van der Waals surface area contributed by atoms with Gasteiger partial charge in [-0.15, -0.1) is 0 Å². The van der Waals surface area contributed by atoms with Crippen LogP contribution in [0.5, 0.6) is 0 Å². The van der Waals surface area contributed by atoms with Gasteiger partial charge in [0, 0.05) is 0 Å². The first-order valence-electron chi connectivity index (χ1n) is 8.68. The van der Waals surface area contributed by atoms with E-state index in [9.17, 15) is 31.9 Å².